The molecule has 0 atom stereocenters. The van der Waals surface area contributed by atoms with Crippen LogP contribution in [0.5, 0.6) is 0 Å². The van der Waals surface area contributed by atoms with Gasteiger partial charge in [-0.15, -0.1) is 0 Å². The third-order valence-corrected chi connectivity index (χ3v) is 3.08. The van der Waals surface area contributed by atoms with E-state index in [2.05, 4.69) is 10.6 Å². The van der Waals surface area contributed by atoms with Gasteiger partial charge in [-0.2, -0.15) is 18.4 Å². The number of hydrogen-bond donors (Lipinski definition) is 2. The molecule has 2 rings (SSSR count). The predicted octanol–water partition coefficient (Wildman–Crippen LogP) is 2.13. The van der Waals surface area contributed by atoms with Crippen LogP contribution in [0.2, 0.25) is 0 Å². The second kappa shape index (κ2) is 5.51. The first-order chi connectivity index (χ1) is 9.40. The molecule has 1 fully saturated rings. The van der Waals surface area contributed by atoms with Crippen molar-refractivity contribution in [3.05, 3.63) is 29.3 Å². The molecule has 1 saturated heterocycles. The first-order valence-electron chi connectivity index (χ1n) is 6.02. The summed E-state index contributed by atoms with van der Waals surface area (Å²) < 4.78 is 37.6. The van der Waals surface area contributed by atoms with Gasteiger partial charge in [0.15, 0.2) is 0 Å². The number of nitrogens with one attached hydrogen (secondary N) is 2. The normalized spacial score (nSPS) is 15.3. The Balaban J connectivity index is 2.11. The van der Waals surface area contributed by atoms with Crippen LogP contribution in [0.1, 0.15) is 17.5 Å². The van der Waals surface area contributed by atoms with Gasteiger partial charge in [0.25, 0.3) is 0 Å². The number of halogens is 3. The SMILES string of the molecule is N#Cc1cc(C(F)(F)F)ccc1NC(=O)CC1CNC1. The summed E-state index contributed by atoms with van der Waals surface area (Å²) in [5, 5.41) is 14.4. The van der Waals surface area contributed by atoms with Gasteiger partial charge >= 0.3 is 6.18 Å². The molecule has 20 heavy (non-hydrogen) atoms. The maximum Gasteiger partial charge on any atom is 0.416 e. The van der Waals surface area contributed by atoms with E-state index in [-0.39, 0.29) is 23.1 Å². The first kappa shape index (κ1) is 14.3. The molecule has 0 bridgehead atoms. The van der Waals surface area contributed by atoms with E-state index in [1.165, 1.54) is 0 Å². The number of rotatable bonds is 3. The van der Waals surface area contributed by atoms with E-state index in [1.807, 2.05) is 0 Å². The standard InChI is InChI=1S/C13H12F3N3O/c14-13(15,16)10-1-2-11(9(4-10)5-17)19-12(20)3-8-6-18-7-8/h1-2,4,8,18H,3,6-7H2,(H,19,20). The molecule has 7 heteroatoms. The van der Waals surface area contributed by atoms with Crippen LogP contribution in [0, 0.1) is 17.2 Å². The van der Waals surface area contributed by atoms with E-state index in [4.69, 9.17) is 5.26 Å². The van der Waals surface area contributed by atoms with Crippen LogP contribution < -0.4 is 10.6 Å². The average Bonchev–Trinajstić information content (AvgIpc) is 2.33. The number of carbonyl (C=O) groups is 1. The summed E-state index contributed by atoms with van der Waals surface area (Å²) >= 11 is 0. The van der Waals surface area contributed by atoms with Crippen molar-refractivity contribution in [3.63, 3.8) is 0 Å². The molecular weight excluding hydrogens is 271 g/mol. The minimum atomic E-state index is -4.51. The molecule has 2 N–H and O–H groups in total. The number of anilines is 1. The minimum absolute atomic E-state index is 0.109. The molecule has 1 aromatic carbocycles. The lowest BCUT2D eigenvalue weighted by molar-refractivity contribution is -0.137. The Morgan fingerprint density at radius 1 is 1.45 bits per heavy atom. The van der Waals surface area contributed by atoms with E-state index >= 15 is 0 Å². The number of carbonyl (C=O) groups excluding carboxylic acids is 1. The van der Waals surface area contributed by atoms with Gasteiger partial charge in [-0.05, 0) is 37.2 Å². The maximum atomic E-state index is 12.5. The molecule has 0 radical (unpaired) electrons. The van der Waals surface area contributed by atoms with E-state index in [9.17, 15) is 18.0 Å². The molecule has 0 aliphatic carbocycles. The Morgan fingerprint density at radius 3 is 2.65 bits per heavy atom. The highest BCUT2D eigenvalue weighted by molar-refractivity contribution is 5.92. The Hall–Kier alpha value is -2.07. The van der Waals surface area contributed by atoms with Gasteiger partial charge in [0.05, 0.1) is 16.8 Å². The summed E-state index contributed by atoms with van der Waals surface area (Å²) in [5.74, 6) is -0.0530. The zero-order valence-corrected chi connectivity index (χ0v) is 10.4. The fraction of sp³-hybridized carbons (Fsp3) is 0.385. The predicted molar refractivity (Wildman–Crippen MR) is 65.8 cm³/mol. The lowest BCUT2D eigenvalue weighted by atomic mass is 9.99. The Kier molecular flexibility index (Phi) is 3.95. The van der Waals surface area contributed by atoms with Crippen molar-refractivity contribution in [3.8, 4) is 6.07 Å². The number of amides is 1. The molecule has 1 heterocycles. The minimum Gasteiger partial charge on any atom is -0.325 e. The van der Waals surface area contributed by atoms with Gasteiger partial charge in [0, 0.05) is 6.42 Å². The molecule has 0 unspecified atom stereocenters. The molecule has 106 valence electrons. The second-order valence-electron chi connectivity index (χ2n) is 4.65. The monoisotopic (exact) mass is 283 g/mol. The summed E-state index contributed by atoms with van der Waals surface area (Å²) in [6.45, 7) is 1.51. The fourth-order valence-electron chi connectivity index (χ4n) is 1.88. The fourth-order valence-corrected chi connectivity index (χ4v) is 1.88. The summed E-state index contributed by atoms with van der Waals surface area (Å²) in [6, 6.07) is 4.36. The van der Waals surface area contributed by atoms with E-state index in [0.29, 0.717) is 6.42 Å². The highest BCUT2D eigenvalue weighted by Gasteiger charge is 2.31. The van der Waals surface area contributed by atoms with Crippen molar-refractivity contribution < 1.29 is 18.0 Å². The van der Waals surface area contributed by atoms with Gasteiger partial charge in [-0.3, -0.25) is 4.79 Å². The Morgan fingerprint density at radius 2 is 2.15 bits per heavy atom. The zero-order chi connectivity index (χ0) is 14.8. The number of benzene rings is 1. The van der Waals surface area contributed by atoms with Crippen LogP contribution in [0.4, 0.5) is 18.9 Å². The second-order valence-corrected chi connectivity index (χ2v) is 4.65. The van der Waals surface area contributed by atoms with Crippen molar-refractivity contribution in [2.45, 2.75) is 12.6 Å². The highest BCUT2D eigenvalue weighted by atomic mass is 19.4. The number of nitrogens with zero attached hydrogens (tertiary/aromatic N) is 1. The van der Waals surface area contributed by atoms with Gasteiger partial charge in [-0.1, -0.05) is 0 Å². The van der Waals surface area contributed by atoms with Gasteiger partial charge in [-0.25, -0.2) is 0 Å². The summed E-state index contributed by atoms with van der Waals surface area (Å²) in [6.07, 6.45) is -4.22. The third kappa shape index (κ3) is 3.27. The van der Waals surface area contributed by atoms with Crippen LogP contribution in [0.15, 0.2) is 18.2 Å². The molecule has 0 saturated carbocycles. The smallest absolute Gasteiger partial charge is 0.325 e. The quantitative estimate of drug-likeness (QED) is 0.893. The molecule has 0 aromatic heterocycles. The topological polar surface area (TPSA) is 64.9 Å². The molecule has 1 aliphatic heterocycles. The van der Waals surface area contributed by atoms with Gasteiger partial charge < -0.3 is 10.6 Å². The van der Waals surface area contributed by atoms with Gasteiger partial charge in [0.1, 0.15) is 6.07 Å². The van der Waals surface area contributed by atoms with Gasteiger partial charge in [0.2, 0.25) is 5.91 Å². The summed E-state index contributed by atoms with van der Waals surface area (Å²) in [7, 11) is 0. The highest BCUT2D eigenvalue weighted by Crippen LogP contribution is 2.31. The average molecular weight is 283 g/mol. The van der Waals surface area contributed by atoms with Crippen LogP contribution in [0.3, 0.4) is 0 Å². The number of alkyl halides is 3. The number of hydrogen-bond acceptors (Lipinski definition) is 3. The van der Waals surface area contributed by atoms with E-state index in [0.717, 1.165) is 31.3 Å². The molecule has 1 amide bonds. The van der Waals surface area contributed by atoms with Crippen LogP contribution in [-0.2, 0) is 11.0 Å². The largest absolute Gasteiger partial charge is 0.416 e. The summed E-state index contributed by atoms with van der Waals surface area (Å²) in [5.41, 5.74) is -0.993. The maximum absolute atomic E-state index is 12.5. The van der Waals surface area contributed by atoms with E-state index < -0.39 is 11.7 Å². The number of nitriles is 1. The molecule has 0 spiro atoms. The van der Waals surface area contributed by atoms with Crippen molar-refractivity contribution in [1.82, 2.24) is 5.32 Å². The lowest BCUT2D eigenvalue weighted by Gasteiger charge is -2.26. The van der Waals surface area contributed by atoms with Crippen molar-refractivity contribution in [1.29, 1.82) is 5.26 Å². The Labute approximate surface area is 113 Å². The molecule has 1 aliphatic rings. The molecule has 4 nitrogen and oxygen atoms in total. The first-order valence-corrected chi connectivity index (χ1v) is 6.02. The van der Waals surface area contributed by atoms with Crippen molar-refractivity contribution in [2.24, 2.45) is 5.92 Å². The molecular formula is C13H12F3N3O. The van der Waals surface area contributed by atoms with Crippen molar-refractivity contribution in [2.75, 3.05) is 18.4 Å². The third-order valence-electron chi connectivity index (χ3n) is 3.08. The van der Waals surface area contributed by atoms with Crippen LogP contribution in [0.25, 0.3) is 0 Å². The van der Waals surface area contributed by atoms with Crippen LogP contribution in [-0.4, -0.2) is 19.0 Å². The summed E-state index contributed by atoms with van der Waals surface area (Å²) in [4.78, 5) is 11.7. The lowest BCUT2D eigenvalue weighted by Crippen LogP contribution is -2.43. The van der Waals surface area contributed by atoms with Crippen LogP contribution >= 0.6 is 0 Å². The van der Waals surface area contributed by atoms with E-state index in [1.54, 1.807) is 6.07 Å². The zero-order valence-electron chi connectivity index (χ0n) is 10.4. The Bertz CT molecular complexity index is 559. The molecule has 1 aromatic rings. The van der Waals surface area contributed by atoms with Crippen molar-refractivity contribution >= 4 is 11.6 Å².